The van der Waals surface area contributed by atoms with Crippen LogP contribution in [0.2, 0.25) is 0 Å². The van der Waals surface area contributed by atoms with Crippen molar-refractivity contribution in [2.45, 2.75) is 76.4 Å². The predicted molar refractivity (Wildman–Crippen MR) is 163 cm³/mol. The third kappa shape index (κ3) is 5.95. The summed E-state index contributed by atoms with van der Waals surface area (Å²) in [5, 5.41) is 19.6. The molecule has 14 heteroatoms. The second-order valence-electron chi connectivity index (χ2n) is 13.8. The molecule has 7 atom stereocenters. The maximum atomic E-state index is 14.1. The van der Waals surface area contributed by atoms with Crippen molar-refractivity contribution >= 4 is 44.6 Å². The maximum absolute atomic E-state index is 14.1. The highest BCUT2D eigenvalue weighted by Crippen LogP contribution is 2.65. The number of aromatic amines is 1. The number of H-pyrrole nitrogens is 1. The second kappa shape index (κ2) is 11.4. The molecule has 1 aromatic carbocycles. The summed E-state index contributed by atoms with van der Waals surface area (Å²) in [6.07, 6.45) is 2.37. The van der Waals surface area contributed by atoms with E-state index in [9.17, 15) is 37.3 Å². The Labute approximate surface area is 261 Å². The standard InChI is InChI=1S/C31H41N5O8S/c1-15-6-4-8-20-18(15)13-21(33-20)27(38)35-24(16-9-10-16)29(40)36-14-19-23(31(19,2)3)25(36)28(39)34-22(30(41)45(42,43)44)12-17-7-5-11-32-26(17)37/h4,6,8,13,16-17,19,22-25,30,33,41H,5,7,9-12,14H2,1-3H3,(H,32,37)(H,34,39)(H,35,38)(H,42,43,44)/t17-,19-,22-,23-,24-,25-,30?/m0/s1. The molecule has 6 N–H and O–H groups in total. The Balaban J connectivity index is 1.22. The van der Waals surface area contributed by atoms with Crippen LogP contribution in [0, 0.1) is 36.0 Å². The van der Waals surface area contributed by atoms with E-state index in [4.69, 9.17) is 0 Å². The Morgan fingerprint density at radius 3 is 2.53 bits per heavy atom. The van der Waals surface area contributed by atoms with Gasteiger partial charge in [-0.3, -0.25) is 23.7 Å². The monoisotopic (exact) mass is 643 g/mol. The van der Waals surface area contributed by atoms with Gasteiger partial charge in [0.25, 0.3) is 16.0 Å². The lowest BCUT2D eigenvalue weighted by atomic mass is 9.91. The first-order chi connectivity index (χ1) is 21.2. The molecular formula is C31H41N5O8S. The molecule has 45 heavy (non-hydrogen) atoms. The van der Waals surface area contributed by atoms with Gasteiger partial charge in [0.05, 0.1) is 6.04 Å². The zero-order valence-corrected chi connectivity index (χ0v) is 26.4. The van der Waals surface area contributed by atoms with E-state index in [2.05, 4.69) is 20.9 Å². The fraction of sp³-hybridized carbons (Fsp3) is 0.613. The van der Waals surface area contributed by atoms with E-state index < -0.39 is 51.4 Å². The van der Waals surface area contributed by atoms with Crippen molar-refractivity contribution in [3.63, 3.8) is 0 Å². The minimum Gasteiger partial charge on any atom is -0.374 e. The summed E-state index contributed by atoms with van der Waals surface area (Å²) in [4.78, 5) is 58.5. The maximum Gasteiger partial charge on any atom is 0.294 e. The number of carbonyl (C=O) groups excluding carboxylic acids is 4. The number of rotatable bonds is 10. The van der Waals surface area contributed by atoms with E-state index in [0.29, 0.717) is 25.1 Å². The average molecular weight is 644 g/mol. The molecule has 3 heterocycles. The Bertz CT molecular complexity index is 1650. The van der Waals surface area contributed by atoms with Gasteiger partial charge in [-0.25, -0.2) is 0 Å². The van der Waals surface area contributed by atoms with Gasteiger partial charge in [-0.1, -0.05) is 26.0 Å². The number of amides is 4. The number of aryl methyl sites for hydroxylation is 1. The lowest BCUT2D eigenvalue weighted by molar-refractivity contribution is -0.142. The largest absolute Gasteiger partial charge is 0.374 e. The molecule has 0 spiro atoms. The fourth-order valence-electron chi connectivity index (χ4n) is 7.54. The van der Waals surface area contributed by atoms with Crippen LogP contribution in [0.1, 0.15) is 62.0 Å². The molecule has 2 saturated carbocycles. The average Bonchev–Trinajstić information content (AvgIpc) is 3.76. The summed E-state index contributed by atoms with van der Waals surface area (Å²) in [6.45, 7) is 6.71. The number of nitrogens with one attached hydrogen (secondary N) is 4. The van der Waals surface area contributed by atoms with Crippen LogP contribution in [0.4, 0.5) is 0 Å². The first-order valence-electron chi connectivity index (χ1n) is 15.6. The summed E-state index contributed by atoms with van der Waals surface area (Å²) in [5.41, 5.74) is -0.485. The van der Waals surface area contributed by atoms with Gasteiger partial charge in [0.1, 0.15) is 17.8 Å². The molecule has 1 unspecified atom stereocenters. The lowest BCUT2D eigenvalue weighted by Crippen LogP contribution is -2.59. The van der Waals surface area contributed by atoms with Gasteiger partial charge in [-0.05, 0) is 79.9 Å². The Kier molecular flexibility index (Phi) is 7.97. The predicted octanol–water partition coefficient (Wildman–Crippen LogP) is 1.08. The van der Waals surface area contributed by atoms with Gasteiger partial charge in [-0.15, -0.1) is 0 Å². The number of aliphatic hydroxyl groups is 1. The van der Waals surface area contributed by atoms with Crippen molar-refractivity contribution in [1.82, 2.24) is 25.8 Å². The highest BCUT2D eigenvalue weighted by atomic mass is 32.2. The van der Waals surface area contributed by atoms with Crippen LogP contribution in [0.5, 0.6) is 0 Å². The molecule has 0 bridgehead atoms. The van der Waals surface area contributed by atoms with E-state index in [-0.39, 0.29) is 47.9 Å². The SMILES string of the molecule is Cc1cccc2[nH]c(C(=O)N[C@H](C(=O)N3C[C@H]4[C@@H]([C@H]3C(=O)N[C@@H](C[C@@H]3CCCNC3=O)C(O)S(=O)(=O)O)C4(C)C)C3CC3)cc12. The number of fused-ring (bicyclic) bond motifs is 2. The second-order valence-corrected chi connectivity index (χ2v) is 15.3. The number of benzene rings is 1. The summed E-state index contributed by atoms with van der Waals surface area (Å²) in [7, 11) is -4.99. The number of aromatic nitrogens is 1. The van der Waals surface area contributed by atoms with Crippen LogP contribution in [-0.2, 0) is 24.5 Å². The Morgan fingerprint density at radius 2 is 1.89 bits per heavy atom. The van der Waals surface area contributed by atoms with E-state index in [0.717, 1.165) is 29.3 Å². The fourth-order valence-corrected chi connectivity index (χ4v) is 8.13. The smallest absolute Gasteiger partial charge is 0.294 e. The number of carbonyl (C=O) groups is 4. The molecule has 4 amide bonds. The molecule has 2 aliphatic carbocycles. The van der Waals surface area contributed by atoms with Crippen LogP contribution in [0.25, 0.3) is 10.9 Å². The van der Waals surface area contributed by atoms with Crippen molar-refractivity contribution in [3.8, 4) is 0 Å². The molecular weight excluding hydrogens is 602 g/mol. The molecule has 0 radical (unpaired) electrons. The summed E-state index contributed by atoms with van der Waals surface area (Å²) >= 11 is 0. The molecule has 244 valence electrons. The zero-order chi connectivity index (χ0) is 32.4. The number of piperidine rings is 2. The van der Waals surface area contributed by atoms with Crippen molar-refractivity contribution < 1.29 is 37.3 Å². The molecule has 4 fully saturated rings. The van der Waals surface area contributed by atoms with Crippen LogP contribution in [-0.4, -0.2) is 88.2 Å². The topological polar surface area (TPSA) is 198 Å². The normalized spacial score (nSPS) is 27.7. The number of aliphatic hydroxyl groups excluding tert-OH is 1. The van der Waals surface area contributed by atoms with E-state index in [1.165, 1.54) is 4.90 Å². The summed E-state index contributed by atoms with van der Waals surface area (Å²) in [5.74, 6) is -2.78. The number of likely N-dealkylation sites (tertiary alicyclic amines) is 1. The number of hydrogen-bond donors (Lipinski definition) is 6. The van der Waals surface area contributed by atoms with Crippen LogP contribution < -0.4 is 16.0 Å². The quantitative estimate of drug-likeness (QED) is 0.207. The first kappa shape index (κ1) is 31.5. The van der Waals surface area contributed by atoms with Crippen molar-refractivity contribution in [2.75, 3.05) is 13.1 Å². The first-order valence-corrected chi connectivity index (χ1v) is 17.1. The zero-order valence-electron chi connectivity index (χ0n) is 25.6. The number of nitrogens with zero attached hydrogens (tertiary/aromatic N) is 1. The van der Waals surface area contributed by atoms with Crippen molar-refractivity contribution in [1.29, 1.82) is 0 Å². The molecule has 2 aliphatic heterocycles. The highest BCUT2D eigenvalue weighted by Gasteiger charge is 2.70. The third-order valence-electron chi connectivity index (χ3n) is 10.4. The van der Waals surface area contributed by atoms with Gasteiger partial charge in [-0.2, -0.15) is 8.42 Å². The molecule has 6 rings (SSSR count). The summed E-state index contributed by atoms with van der Waals surface area (Å²) in [6, 6.07) is 4.14. The van der Waals surface area contributed by atoms with Crippen LogP contribution >= 0.6 is 0 Å². The van der Waals surface area contributed by atoms with Gasteiger partial charge in [0.2, 0.25) is 23.2 Å². The molecule has 2 aromatic rings. The van der Waals surface area contributed by atoms with Crippen molar-refractivity contribution in [3.05, 3.63) is 35.5 Å². The Morgan fingerprint density at radius 1 is 1.16 bits per heavy atom. The van der Waals surface area contributed by atoms with Gasteiger partial charge in [0.15, 0.2) is 0 Å². The third-order valence-corrected chi connectivity index (χ3v) is 11.4. The lowest BCUT2D eigenvalue weighted by Gasteiger charge is -2.35. The van der Waals surface area contributed by atoms with Gasteiger partial charge >= 0.3 is 0 Å². The van der Waals surface area contributed by atoms with Crippen LogP contribution in [0.15, 0.2) is 24.3 Å². The van der Waals surface area contributed by atoms with E-state index >= 15 is 0 Å². The highest BCUT2D eigenvalue weighted by molar-refractivity contribution is 7.86. The Hall–Kier alpha value is -3.49. The van der Waals surface area contributed by atoms with Crippen molar-refractivity contribution in [2.24, 2.45) is 29.1 Å². The minimum absolute atomic E-state index is 0.0125. The van der Waals surface area contributed by atoms with Gasteiger partial charge < -0.3 is 30.9 Å². The minimum atomic E-state index is -4.99. The van der Waals surface area contributed by atoms with Gasteiger partial charge in [0, 0.05) is 29.9 Å². The molecule has 13 nitrogen and oxygen atoms in total. The van der Waals surface area contributed by atoms with Crippen LogP contribution in [0.3, 0.4) is 0 Å². The molecule has 1 aromatic heterocycles. The molecule has 4 aliphatic rings. The van der Waals surface area contributed by atoms with E-state index in [1.54, 1.807) is 6.07 Å². The number of hydrogen-bond acceptors (Lipinski definition) is 7. The summed E-state index contributed by atoms with van der Waals surface area (Å²) < 4.78 is 33.6. The molecule has 2 saturated heterocycles. The van der Waals surface area contributed by atoms with E-state index in [1.807, 2.05) is 39.0 Å².